The minimum Gasteiger partial charge on any atom is -0.497 e. The van der Waals surface area contributed by atoms with Crippen molar-refractivity contribution in [3.05, 3.63) is 24.3 Å². The largest absolute Gasteiger partial charge is 0.497 e. The molecule has 1 amide bonds. The van der Waals surface area contributed by atoms with Gasteiger partial charge in [-0.05, 0) is 43.5 Å². The lowest BCUT2D eigenvalue weighted by Gasteiger charge is -2.21. The number of rotatable bonds is 6. The molecule has 1 saturated carbocycles. The van der Waals surface area contributed by atoms with E-state index in [9.17, 15) is 4.79 Å². The number of methoxy groups -OCH3 is 1. The maximum absolute atomic E-state index is 12.2. The molecule has 2 rings (SSSR count). The average molecular weight is 292 g/mol. The van der Waals surface area contributed by atoms with E-state index < -0.39 is 0 Å². The molecule has 1 fully saturated rings. The molecule has 0 radical (unpaired) electrons. The molecular weight excluding hydrogens is 268 g/mol. The van der Waals surface area contributed by atoms with Crippen molar-refractivity contribution in [2.24, 2.45) is 11.7 Å². The van der Waals surface area contributed by atoms with Gasteiger partial charge in [0.15, 0.2) is 0 Å². The second-order valence-electron chi connectivity index (χ2n) is 5.55. The molecule has 0 aromatic heterocycles. The molecule has 2 N–H and O–H groups in total. The van der Waals surface area contributed by atoms with Crippen molar-refractivity contribution in [1.29, 1.82) is 0 Å². The van der Waals surface area contributed by atoms with Crippen LogP contribution in [0.2, 0.25) is 0 Å². The number of carbonyl (C=O) groups excluding carboxylic acids is 1. The Labute approximate surface area is 126 Å². The minimum absolute atomic E-state index is 0.0889. The summed E-state index contributed by atoms with van der Waals surface area (Å²) in [5, 5.41) is 0. The summed E-state index contributed by atoms with van der Waals surface area (Å²) in [7, 11) is 3.45. The summed E-state index contributed by atoms with van der Waals surface area (Å²) in [4.78, 5) is 14.0. The zero-order valence-electron chi connectivity index (χ0n) is 12.7. The number of benzene rings is 1. The first kappa shape index (κ1) is 15.6. The predicted molar refractivity (Wildman–Crippen MR) is 81.4 cm³/mol. The molecule has 5 nitrogen and oxygen atoms in total. The van der Waals surface area contributed by atoms with Crippen LogP contribution in [0.5, 0.6) is 11.5 Å². The van der Waals surface area contributed by atoms with Gasteiger partial charge in [-0.25, -0.2) is 0 Å². The van der Waals surface area contributed by atoms with E-state index in [1.54, 1.807) is 12.0 Å². The molecule has 0 bridgehead atoms. The Kier molecular flexibility index (Phi) is 5.44. The van der Waals surface area contributed by atoms with Crippen LogP contribution in [-0.4, -0.2) is 44.2 Å². The molecule has 1 aromatic carbocycles. The highest BCUT2D eigenvalue weighted by molar-refractivity contribution is 5.78. The summed E-state index contributed by atoms with van der Waals surface area (Å²) < 4.78 is 10.7. The lowest BCUT2D eigenvalue weighted by atomic mass is 10.1. The molecule has 5 heteroatoms. The van der Waals surface area contributed by atoms with E-state index in [2.05, 4.69) is 0 Å². The summed E-state index contributed by atoms with van der Waals surface area (Å²) in [6.07, 6.45) is 2.67. The van der Waals surface area contributed by atoms with Crippen LogP contribution in [0.4, 0.5) is 0 Å². The van der Waals surface area contributed by atoms with Gasteiger partial charge in [0.25, 0.3) is 0 Å². The number of ether oxygens (including phenoxy) is 2. The van der Waals surface area contributed by atoms with Crippen LogP contribution in [0.15, 0.2) is 24.3 Å². The van der Waals surface area contributed by atoms with E-state index in [-0.39, 0.29) is 17.9 Å². The second kappa shape index (κ2) is 7.31. The van der Waals surface area contributed by atoms with E-state index in [1.807, 2.05) is 31.3 Å². The van der Waals surface area contributed by atoms with E-state index in [0.29, 0.717) is 13.2 Å². The fourth-order valence-corrected chi connectivity index (χ4v) is 2.63. The third kappa shape index (κ3) is 4.36. The Hall–Kier alpha value is -1.75. The van der Waals surface area contributed by atoms with Crippen LogP contribution < -0.4 is 15.2 Å². The van der Waals surface area contributed by atoms with Gasteiger partial charge >= 0.3 is 0 Å². The number of hydrogen-bond donors (Lipinski definition) is 1. The van der Waals surface area contributed by atoms with Gasteiger partial charge < -0.3 is 20.1 Å². The van der Waals surface area contributed by atoms with Crippen molar-refractivity contribution in [2.75, 3.05) is 27.3 Å². The smallest absolute Gasteiger partial charge is 0.225 e. The molecule has 0 heterocycles. The summed E-state index contributed by atoms with van der Waals surface area (Å²) in [6, 6.07) is 7.60. The molecule has 21 heavy (non-hydrogen) atoms. The lowest BCUT2D eigenvalue weighted by Crippen LogP contribution is -2.35. The molecule has 1 aromatic rings. The van der Waals surface area contributed by atoms with Gasteiger partial charge in [0.1, 0.15) is 18.1 Å². The van der Waals surface area contributed by atoms with Gasteiger partial charge in [0.05, 0.1) is 13.7 Å². The maximum atomic E-state index is 12.2. The van der Waals surface area contributed by atoms with Crippen molar-refractivity contribution >= 4 is 5.91 Å². The first-order valence-electron chi connectivity index (χ1n) is 7.37. The summed E-state index contributed by atoms with van der Waals surface area (Å²) in [5.41, 5.74) is 5.86. The number of likely N-dealkylation sites (N-methyl/N-ethyl adjacent to an activating group) is 1. The molecule has 1 aliphatic carbocycles. The minimum atomic E-state index is 0.0889. The second-order valence-corrected chi connectivity index (χ2v) is 5.55. The van der Waals surface area contributed by atoms with E-state index in [4.69, 9.17) is 15.2 Å². The van der Waals surface area contributed by atoms with Gasteiger partial charge in [-0.2, -0.15) is 0 Å². The van der Waals surface area contributed by atoms with Gasteiger partial charge in [-0.15, -0.1) is 0 Å². The first-order valence-corrected chi connectivity index (χ1v) is 7.37. The van der Waals surface area contributed by atoms with Crippen LogP contribution in [0.3, 0.4) is 0 Å². The van der Waals surface area contributed by atoms with Crippen molar-refractivity contribution in [3.63, 3.8) is 0 Å². The number of nitrogens with two attached hydrogens (primary N) is 1. The van der Waals surface area contributed by atoms with Crippen molar-refractivity contribution in [3.8, 4) is 11.5 Å². The average Bonchev–Trinajstić information content (AvgIpc) is 2.93. The Bertz CT molecular complexity index is 461. The van der Waals surface area contributed by atoms with E-state index in [0.717, 1.165) is 30.8 Å². The zero-order chi connectivity index (χ0) is 15.2. The van der Waals surface area contributed by atoms with Crippen LogP contribution in [0.1, 0.15) is 19.3 Å². The normalized spacial score (nSPS) is 21.1. The highest BCUT2D eigenvalue weighted by Gasteiger charge is 2.29. The van der Waals surface area contributed by atoms with Crippen LogP contribution in [0.25, 0.3) is 0 Å². The number of amides is 1. The quantitative estimate of drug-likeness (QED) is 0.866. The number of nitrogens with zero attached hydrogens (tertiary/aromatic N) is 1. The van der Waals surface area contributed by atoms with Crippen molar-refractivity contribution < 1.29 is 14.3 Å². The van der Waals surface area contributed by atoms with Crippen LogP contribution in [-0.2, 0) is 4.79 Å². The first-order chi connectivity index (χ1) is 10.1. The zero-order valence-corrected chi connectivity index (χ0v) is 12.7. The fraction of sp³-hybridized carbons (Fsp3) is 0.562. The van der Waals surface area contributed by atoms with E-state index in [1.165, 1.54) is 0 Å². The Balaban J connectivity index is 1.73. The SMILES string of the molecule is COc1ccc(OCCN(C)C(=O)[C@H]2CC[C@@H](N)C2)cc1. The molecule has 1 aliphatic rings. The van der Waals surface area contributed by atoms with Gasteiger partial charge in [0, 0.05) is 19.0 Å². The predicted octanol–water partition coefficient (Wildman–Crippen LogP) is 1.66. The number of carbonyl (C=O) groups is 1. The lowest BCUT2D eigenvalue weighted by molar-refractivity contribution is -0.134. The fourth-order valence-electron chi connectivity index (χ4n) is 2.63. The summed E-state index contributed by atoms with van der Waals surface area (Å²) in [6.45, 7) is 1.06. The third-order valence-corrected chi connectivity index (χ3v) is 3.95. The third-order valence-electron chi connectivity index (χ3n) is 3.95. The molecule has 0 aliphatic heterocycles. The Morgan fingerprint density at radius 3 is 2.52 bits per heavy atom. The highest BCUT2D eigenvalue weighted by Crippen LogP contribution is 2.25. The van der Waals surface area contributed by atoms with Crippen molar-refractivity contribution in [2.45, 2.75) is 25.3 Å². The molecule has 0 spiro atoms. The highest BCUT2D eigenvalue weighted by atomic mass is 16.5. The number of hydrogen-bond acceptors (Lipinski definition) is 4. The maximum Gasteiger partial charge on any atom is 0.225 e. The molecule has 2 atom stereocenters. The van der Waals surface area contributed by atoms with Crippen LogP contribution in [0, 0.1) is 5.92 Å². The van der Waals surface area contributed by atoms with Crippen molar-refractivity contribution in [1.82, 2.24) is 4.90 Å². The molecule has 0 unspecified atom stereocenters. The molecule has 0 saturated heterocycles. The molecule has 116 valence electrons. The monoisotopic (exact) mass is 292 g/mol. The molecular formula is C16H24N2O3. The Morgan fingerprint density at radius 2 is 1.95 bits per heavy atom. The van der Waals surface area contributed by atoms with Gasteiger partial charge in [-0.3, -0.25) is 4.79 Å². The van der Waals surface area contributed by atoms with Crippen LogP contribution >= 0.6 is 0 Å². The summed E-state index contributed by atoms with van der Waals surface area (Å²) in [5.74, 6) is 1.85. The topological polar surface area (TPSA) is 64.8 Å². The van der Waals surface area contributed by atoms with Gasteiger partial charge in [-0.1, -0.05) is 0 Å². The standard InChI is InChI=1S/C16H24N2O3/c1-18(16(19)12-3-4-13(17)11-12)9-10-21-15-7-5-14(20-2)6-8-15/h5-8,12-13H,3-4,9-11,17H2,1-2H3/t12-,13+/m0/s1. The Morgan fingerprint density at radius 1 is 1.29 bits per heavy atom. The van der Waals surface area contributed by atoms with E-state index >= 15 is 0 Å². The summed E-state index contributed by atoms with van der Waals surface area (Å²) >= 11 is 0. The van der Waals surface area contributed by atoms with Gasteiger partial charge in [0.2, 0.25) is 5.91 Å².